The molecule has 6 heteroatoms. The Balaban J connectivity index is 1.71. The van der Waals surface area contributed by atoms with Crippen LogP contribution in [-0.4, -0.2) is 25.2 Å². The van der Waals surface area contributed by atoms with Gasteiger partial charge in [0.05, 0.1) is 11.7 Å². The monoisotopic (exact) mass is 333 g/mol. The Morgan fingerprint density at radius 3 is 2.67 bits per heavy atom. The largest absolute Gasteiger partial charge is 0.490 e. The van der Waals surface area contributed by atoms with Gasteiger partial charge >= 0.3 is 0 Å². The lowest BCUT2D eigenvalue weighted by Crippen LogP contribution is -2.19. The first-order valence-corrected chi connectivity index (χ1v) is 7.73. The summed E-state index contributed by atoms with van der Waals surface area (Å²) in [7, 11) is 0. The molecule has 2 aromatic carbocycles. The van der Waals surface area contributed by atoms with Crippen LogP contribution >= 0.6 is 0 Å². The molecule has 1 aliphatic heterocycles. The Kier molecular flexibility index (Phi) is 5.05. The quantitative estimate of drug-likeness (QED) is 0.906. The third kappa shape index (κ3) is 4.08. The van der Waals surface area contributed by atoms with E-state index in [9.17, 15) is 13.6 Å². The first-order valence-electron chi connectivity index (χ1n) is 7.73. The van der Waals surface area contributed by atoms with Gasteiger partial charge in [0, 0.05) is 18.4 Å². The van der Waals surface area contributed by atoms with Gasteiger partial charge in [0.1, 0.15) is 24.0 Å². The van der Waals surface area contributed by atoms with E-state index in [1.165, 1.54) is 0 Å². The Hall–Kier alpha value is -2.47. The summed E-state index contributed by atoms with van der Waals surface area (Å²) in [6.07, 6.45) is 1.96. The average Bonchev–Trinajstić information content (AvgIpc) is 3.05. The summed E-state index contributed by atoms with van der Waals surface area (Å²) in [6.45, 7) is 1.08. The van der Waals surface area contributed by atoms with Crippen LogP contribution in [0.4, 0.5) is 14.5 Å². The van der Waals surface area contributed by atoms with Gasteiger partial charge in [0.15, 0.2) is 0 Å². The summed E-state index contributed by atoms with van der Waals surface area (Å²) in [4.78, 5) is 12.4. The fourth-order valence-corrected chi connectivity index (χ4v) is 2.56. The number of amides is 1. The molecule has 0 aliphatic carbocycles. The topological polar surface area (TPSA) is 47.6 Å². The van der Waals surface area contributed by atoms with Crippen molar-refractivity contribution in [1.82, 2.24) is 0 Å². The normalized spacial score (nSPS) is 16.8. The van der Waals surface area contributed by atoms with Crippen molar-refractivity contribution in [2.24, 2.45) is 0 Å². The second-order valence-electron chi connectivity index (χ2n) is 5.55. The summed E-state index contributed by atoms with van der Waals surface area (Å²) < 4.78 is 37.6. The molecule has 0 bridgehead atoms. The molecule has 0 radical (unpaired) electrons. The number of nitrogens with one attached hydrogen (secondary N) is 1. The summed E-state index contributed by atoms with van der Waals surface area (Å²) in [6, 6.07) is 9.57. The summed E-state index contributed by atoms with van der Waals surface area (Å²) in [5.74, 6) is -1.60. The first-order chi connectivity index (χ1) is 11.6. The minimum Gasteiger partial charge on any atom is -0.490 e. The van der Waals surface area contributed by atoms with Crippen molar-refractivity contribution in [2.75, 3.05) is 18.5 Å². The van der Waals surface area contributed by atoms with Gasteiger partial charge in [-0.15, -0.1) is 0 Å². The Bertz CT molecular complexity index is 710. The Morgan fingerprint density at radius 2 is 1.96 bits per heavy atom. The van der Waals surface area contributed by atoms with Crippen LogP contribution < -0.4 is 10.1 Å². The number of para-hydroxylation sites is 1. The number of hydrogen-bond donors (Lipinski definition) is 1. The molecule has 2 aromatic rings. The number of carbonyl (C=O) groups is 1. The number of anilines is 1. The third-order valence-corrected chi connectivity index (χ3v) is 3.70. The minimum atomic E-state index is -0.756. The van der Waals surface area contributed by atoms with Crippen molar-refractivity contribution in [3.8, 4) is 5.75 Å². The van der Waals surface area contributed by atoms with Gasteiger partial charge in [0.25, 0.3) is 5.91 Å². The average molecular weight is 333 g/mol. The zero-order valence-electron chi connectivity index (χ0n) is 12.9. The molecule has 1 aliphatic rings. The molecule has 1 unspecified atom stereocenters. The number of benzene rings is 2. The highest BCUT2D eigenvalue weighted by Gasteiger charge is 2.18. The Labute approximate surface area is 138 Å². The highest BCUT2D eigenvalue weighted by Crippen LogP contribution is 2.22. The fourth-order valence-electron chi connectivity index (χ4n) is 2.56. The van der Waals surface area contributed by atoms with Gasteiger partial charge < -0.3 is 14.8 Å². The molecule has 1 saturated heterocycles. The molecule has 3 rings (SSSR count). The van der Waals surface area contributed by atoms with Crippen LogP contribution in [0.25, 0.3) is 0 Å². The van der Waals surface area contributed by atoms with Crippen LogP contribution in [0.5, 0.6) is 5.75 Å². The molecular formula is C18H17F2NO3. The number of ether oxygens (including phenoxy) is 2. The molecule has 24 heavy (non-hydrogen) atoms. The second kappa shape index (κ2) is 7.40. The van der Waals surface area contributed by atoms with E-state index < -0.39 is 17.5 Å². The van der Waals surface area contributed by atoms with Gasteiger partial charge in [-0.3, -0.25) is 4.79 Å². The van der Waals surface area contributed by atoms with Crippen LogP contribution in [0.1, 0.15) is 23.2 Å². The van der Waals surface area contributed by atoms with E-state index in [0.29, 0.717) is 17.9 Å². The standard InChI is InChI=1S/C18H17F2NO3/c19-12-8-13(20)10-14(9-12)21-18(22)16-5-1-2-6-17(16)24-11-15-4-3-7-23-15/h1-2,5-6,8-10,15H,3-4,7,11H2,(H,21,22). The molecule has 126 valence electrons. The van der Waals surface area contributed by atoms with E-state index in [-0.39, 0.29) is 11.8 Å². The van der Waals surface area contributed by atoms with Crippen LogP contribution in [0.3, 0.4) is 0 Å². The molecule has 1 atom stereocenters. The van der Waals surface area contributed by atoms with Gasteiger partial charge in [-0.2, -0.15) is 0 Å². The van der Waals surface area contributed by atoms with E-state index in [1.807, 2.05) is 0 Å². The number of rotatable bonds is 5. The number of halogens is 2. The lowest BCUT2D eigenvalue weighted by atomic mass is 10.1. The Morgan fingerprint density at radius 1 is 1.21 bits per heavy atom. The molecule has 1 N–H and O–H groups in total. The molecule has 1 fully saturated rings. The molecule has 1 heterocycles. The highest BCUT2D eigenvalue weighted by atomic mass is 19.1. The summed E-state index contributed by atoms with van der Waals surface area (Å²) in [5.41, 5.74) is 0.339. The van der Waals surface area contributed by atoms with Crippen molar-refractivity contribution < 1.29 is 23.0 Å². The SMILES string of the molecule is O=C(Nc1cc(F)cc(F)c1)c1ccccc1OCC1CCCO1. The maximum atomic E-state index is 13.2. The van der Waals surface area contributed by atoms with Gasteiger partial charge in [-0.05, 0) is 37.1 Å². The number of hydrogen-bond acceptors (Lipinski definition) is 3. The van der Waals surface area contributed by atoms with Crippen LogP contribution in [0.15, 0.2) is 42.5 Å². The van der Waals surface area contributed by atoms with Crippen molar-refractivity contribution in [3.63, 3.8) is 0 Å². The maximum absolute atomic E-state index is 13.2. The van der Waals surface area contributed by atoms with Crippen LogP contribution in [0.2, 0.25) is 0 Å². The molecule has 0 saturated carbocycles. The van der Waals surface area contributed by atoms with Crippen molar-refractivity contribution in [2.45, 2.75) is 18.9 Å². The van der Waals surface area contributed by atoms with Gasteiger partial charge in [-0.25, -0.2) is 8.78 Å². The van der Waals surface area contributed by atoms with E-state index in [0.717, 1.165) is 37.6 Å². The summed E-state index contributed by atoms with van der Waals surface area (Å²) in [5, 5.41) is 2.48. The van der Waals surface area contributed by atoms with Crippen LogP contribution in [0, 0.1) is 11.6 Å². The zero-order chi connectivity index (χ0) is 16.9. The number of carbonyl (C=O) groups excluding carboxylic acids is 1. The molecule has 0 aromatic heterocycles. The molecule has 4 nitrogen and oxygen atoms in total. The van der Waals surface area contributed by atoms with E-state index >= 15 is 0 Å². The van der Waals surface area contributed by atoms with E-state index in [1.54, 1.807) is 24.3 Å². The first kappa shape index (κ1) is 16.4. The summed E-state index contributed by atoms with van der Waals surface area (Å²) >= 11 is 0. The van der Waals surface area contributed by atoms with E-state index in [2.05, 4.69) is 5.32 Å². The zero-order valence-corrected chi connectivity index (χ0v) is 12.9. The van der Waals surface area contributed by atoms with Crippen LogP contribution in [-0.2, 0) is 4.74 Å². The van der Waals surface area contributed by atoms with Gasteiger partial charge in [0.2, 0.25) is 0 Å². The maximum Gasteiger partial charge on any atom is 0.259 e. The lowest BCUT2D eigenvalue weighted by Gasteiger charge is -2.14. The molecular weight excluding hydrogens is 316 g/mol. The van der Waals surface area contributed by atoms with Gasteiger partial charge in [-0.1, -0.05) is 12.1 Å². The predicted octanol–water partition coefficient (Wildman–Crippen LogP) is 3.77. The third-order valence-electron chi connectivity index (χ3n) is 3.70. The fraction of sp³-hybridized carbons (Fsp3) is 0.278. The molecule has 0 spiro atoms. The van der Waals surface area contributed by atoms with Crippen molar-refractivity contribution in [3.05, 3.63) is 59.7 Å². The van der Waals surface area contributed by atoms with Crippen molar-refractivity contribution in [1.29, 1.82) is 0 Å². The second-order valence-corrected chi connectivity index (χ2v) is 5.55. The highest BCUT2D eigenvalue weighted by molar-refractivity contribution is 6.06. The van der Waals surface area contributed by atoms with E-state index in [4.69, 9.17) is 9.47 Å². The smallest absolute Gasteiger partial charge is 0.259 e. The predicted molar refractivity (Wildman–Crippen MR) is 85.2 cm³/mol. The molecule has 1 amide bonds. The minimum absolute atomic E-state index is 0.0263. The lowest BCUT2D eigenvalue weighted by molar-refractivity contribution is 0.0673. The van der Waals surface area contributed by atoms with Crippen molar-refractivity contribution >= 4 is 11.6 Å².